The van der Waals surface area contributed by atoms with Gasteiger partial charge in [-0.1, -0.05) is 26.8 Å². The van der Waals surface area contributed by atoms with Gasteiger partial charge in [0.1, 0.15) is 0 Å². The molecule has 18 heavy (non-hydrogen) atoms. The SMILES string of the molecule is C#CCC(O[Si](CC)(CC)CC)C1=CCCCC1. The average molecular weight is 264 g/mol. The molecule has 0 heterocycles. The Bertz CT molecular complexity index is 301. The van der Waals surface area contributed by atoms with Crippen LogP contribution in [0.2, 0.25) is 18.1 Å². The van der Waals surface area contributed by atoms with E-state index in [1.165, 1.54) is 49.4 Å². The van der Waals surface area contributed by atoms with Crippen LogP contribution < -0.4 is 0 Å². The molecule has 1 atom stereocenters. The van der Waals surface area contributed by atoms with Gasteiger partial charge in [0.15, 0.2) is 8.32 Å². The Morgan fingerprint density at radius 1 is 1.28 bits per heavy atom. The Morgan fingerprint density at radius 3 is 2.39 bits per heavy atom. The van der Waals surface area contributed by atoms with Crippen LogP contribution in [-0.2, 0) is 4.43 Å². The van der Waals surface area contributed by atoms with Gasteiger partial charge in [-0.25, -0.2) is 0 Å². The molecule has 0 aliphatic heterocycles. The zero-order valence-electron chi connectivity index (χ0n) is 12.3. The monoisotopic (exact) mass is 264 g/mol. The van der Waals surface area contributed by atoms with Gasteiger partial charge in [-0.15, -0.1) is 12.3 Å². The van der Waals surface area contributed by atoms with E-state index < -0.39 is 8.32 Å². The molecule has 102 valence electrons. The molecule has 1 aliphatic carbocycles. The third-order valence-electron chi connectivity index (χ3n) is 4.37. The van der Waals surface area contributed by atoms with Crippen molar-refractivity contribution in [3.8, 4) is 12.3 Å². The molecule has 0 aromatic rings. The second kappa shape index (κ2) is 7.81. The maximum atomic E-state index is 6.59. The van der Waals surface area contributed by atoms with Crippen molar-refractivity contribution in [1.82, 2.24) is 0 Å². The Kier molecular flexibility index (Phi) is 6.74. The topological polar surface area (TPSA) is 9.23 Å². The van der Waals surface area contributed by atoms with Crippen molar-refractivity contribution in [2.45, 2.75) is 77.1 Å². The lowest BCUT2D eigenvalue weighted by atomic mass is 9.94. The van der Waals surface area contributed by atoms with E-state index in [0.29, 0.717) is 0 Å². The lowest BCUT2D eigenvalue weighted by Crippen LogP contribution is -2.40. The molecule has 1 nitrogen and oxygen atoms in total. The molecular formula is C16H28OSi. The molecule has 0 aromatic heterocycles. The summed E-state index contributed by atoms with van der Waals surface area (Å²) < 4.78 is 6.59. The van der Waals surface area contributed by atoms with Gasteiger partial charge >= 0.3 is 0 Å². The lowest BCUT2D eigenvalue weighted by Gasteiger charge is -2.34. The van der Waals surface area contributed by atoms with Crippen molar-refractivity contribution in [2.24, 2.45) is 0 Å². The molecule has 0 saturated heterocycles. The van der Waals surface area contributed by atoms with Crippen molar-refractivity contribution in [3.63, 3.8) is 0 Å². The highest BCUT2D eigenvalue weighted by Crippen LogP contribution is 2.30. The maximum absolute atomic E-state index is 6.59. The van der Waals surface area contributed by atoms with Crippen molar-refractivity contribution in [1.29, 1.82) is 0 Å². The van der Waals surface area contributed by atoms with Crippen LogP contribution in [0.4, 0.5) is 0 Å². The number of hydrogen-bond donors (Lipinski definition) is 0. The molecule has 0 fully saturated rings. The first-order valence-electron chi connectivity index (χ1n) is 7.51. The summed E-state index contributed by atoms with van der Waals surface area (Å²) in [5.41, 5.74) is 1.48. The van der Waals surface area contributed by atoms with Crippen LogP contribution in [0.25, 0.3) is 0 Å². The molecule has 1 aliphatic rings. The predicted octanol–water partition coefficient (Wildman–Crippen LogP) is 4.90. The van der Waals surface area contributed by atoms with E-state index in [9.17, 15) is 0 Å². The smallest absolute Gasteiger partial charge is 0.192 e. The summed E-state index contributed by atoms with van der Waals surface area (Å²) in [6, 6.07) is 3.61. The molecule has 0 saturated carbocycles. The molecule has 0 amide bonds. The zero-order valence-corrected chi connectivity index (χ0v) is 13.3. The standard InChI is InChI=1S/C16H28OSi/c1-5-12-16(15-13-10-9-11-14-15)17-18(6-2,7-3)8-4/h1,13,16H,6-12,14H2,2-4H3. The summed E-state index contributed by atoms with van der Waals surface area (Å²) in [4.78, 5) is 0. The average Bonchev–Trinajstić information content (AvgIpc) is 2.45. The largest absolute Gasteiger partial charge is 0.409 e. The lowest BCUT2D eigenvalue weighted by molar-refractivity contribution is 0.219. The van der Waals surface area contributed by atoms with Gasteiger partial charge in [0.05, 0.1) is 6.10 Å². The molecule has 1 rings (SSSR count). The minimum absolute atomic E-state index is 0.210. The van der Waals surface area contributed by atoms with Gasteiger partial charge in [0.25, 0.3) is 0 Å². The van der Waals surface area contributed by atoms with Crippen LogP contribution in [0.15, 0.2) is 11.6 Å². The molecular weight excluding hydrogens is 236 g/mol. The first-order valence-corrected chi connectivity index (χ1v) is 10.0. The second-order valence-corrected chi connectivity index (χ2v) is 10.0. The van der Waals surface area contributed by atoms with Crippen molar-refractivity contribution in [2.75, 3.05) is 0 Å². The van der Waals surface area contributed by atoms with Gasteiger partial charge in [-0.05, 0) is 49.4 Å². The fraction of sp³-hybridized carbons (Fsp3) is 0.750. The number of terminal acetylenes is 1. The second-order valence-electron chi connectivity index (χ2n) is 5.28. The van der Waals surface area contributed by atoms with E-state index in [-0.39, 0.29) is 6.10 Å². The summed E-state index contributed by atoms with van der Waals surface area (Å²) in [6.45, 7) is 6.84. The zero-order chi connectivity index (χ0) is 13.4. The van der Waals surface area contributed by atoms with E-state index in [4.69, 9.17) is 10.8 Å². The highest BCUT2D eigenvalue weighted by atomic mass is 28.4. The molecule has 0 spiro atoms. The normalized spacial score (nSPS) is 18.0. The van der Waals surface area contributed by atoms with E-state index in [1.54, 1.807) is 0 Å². The molecule has 0 N–H and O–H groups in total. The van der Waals surface area contributed by atoms with Crippen molar-refractivity contribution < 1.29 is 4.43 Å². The van der Waals surface area contributed by atoms with Crippen molar-refractivity contribution >= 4 is 8.32 Å². The predicted molar refractivity (Wildman–Crippen MR) is 82.1 cm³/mol. The third-order valence-corrected chi connectivity index (χ3v) is 9.02. The highest BCUT2D eigenvalue weighted by Gasteiger charge is 2.33. The molecule has 0 aromatic carbocycles. The van der Waals surface area contributed by atoms with E-state index >= 15 is 0 Å². The van der Waals surface area contributed by atoms with E-state index in [1.807, 2.05) is 0 Å². The van der Waals surface area contributed by atoms with E-state index in [0.717, 1.165) is 6.42 Å². The van der Waals surface area contributed by atoms with Gasteiger partial charge in [0, 0.05) is 6.42 Å². The fourth-order valence-electron chi connectivity index (χ4n) is 2.81. The van der Waals surface area contributed by atoms with Crippen molar-refractivity contribution in [3.05, 3.63) is 11.6 Å². The van der Waals surface area contributed by atoms with Gasteiger partial charge in [-0.3, -0.25) is 0 Å². The van der Waals surface area contributed by atoms with Crippen LogP contribution in [0, 0.1) is 12.3 Å². The summed E-state index contributed by atoms with van der Waals surface area (Å²) in [5, 5.41) is 0. The van der Waals surface area contributed by atoms with E-state index in [2.05, 4.69) is 32.8 Å². The quantitative estimate of drug-likeness (QED) is 0.361. The summed E-state index contributed by atoms with van der Waals surface area (Å²) in [7, 11) is -1.54. The molecule has 0 radical (unpaired) electrons. The molecule has 2 heteroatoms. The van der Waals surface area contributed by atoms with Gasteiger partial charge < -0.3 is 4.43 Å². The van der Waals surface area contributed by atoms with Crippen LogP contribution in [-0.4, -0.2) is 14.4 Å². The molecule has 0 bridgehead atoms. The molecule has 1 unspecified atom stereocenters. The fourth-order valence-corrected chi connectivity index (χ4v) is 5.65. The Balaban J connectivity index is 2.78. The Morgan fingerprint density at radius 2 is 1.94 bits per heavy atom. The number of hydrogen-bond acceptors (Lipinski definition) is 1. The number of allylic oxidation sites excluding steroid dienone is 1. The van der Waals surface area contributed by atoms with Crippen LogP contribution in [0.1, 0.15) is 52.9 Å². The summed E-state index contributed by atoms with van der Waals surface area (Å²) in [5.74, 6) is 2.82. The van der Waals surface area contributed by atoms with Crippen LogP contribution in [0.5, 0.6) is 0 Å². The third kappa shape index (κ3) is 4.00. The first kappa shape index (κ1) is 15.5. The van der Waals surface area contributed by atoms with Gasteiger partial charge in [0.2, 0.25) is 0 Å². The minimum Gasteiger partial charge on any atom is -0.409 e. The summed E-state index contributed by atoms with van der Waals surface area (Å²) >= 11 is 0. The van der Waals surface area contributed by atoms with Crippen LogP contribution in [0.3, 0.4) is 0 Å². The highest BCUT2D eigenvalue weighted by molar-refractivity contribution is 6.73. The first-order chi connectivity index (χ1) is 8.71. The number of rotatable bonds is 7. The van der Waals surface area contributed by atoms with Gasteiger partial charge in [-0.2, -0.15) is 0 Å². The minimum atomic E-state index is -1.54. The summed E-state index contributed by atoms with van der Waals surface area (Å²) in [6.07, 6.45) is 13.9. The maximum Gasteiger partial charge on any atom is 0.192 e. The Hall–Kier alpha value is -0.523. The Labute approximate surface area is 114 Å². The van der Waals surface area contributed by atoms with Crippen LogP contribution >= 0.6 is 0 Å².